The largest absolute Gasteiger partial charge is 0.464 e. The van der Waals surface area contributed by atoms with Gasteiger partial charge >= 0.3 is 0 Å². The zero-order valence-electron chi connectivity index (χ0n) is 9.26. The lowest BCUT2D eigenvalue weighted by atomic mass is 10.0. The number of hydrogen-bond donors (Lipinski definition) is 1. The summed E-state index contributed by atoms with van der Waals surface area (Å²) in [4.78, 5) is 0. The van der Waals surface area contributed by atoms with Gasteiger partial charge in [0.05, 0.1) is 12.9 Å². The first kappa shape index (κ1) is 10.1. The molecule has 0 saturated carbocycles. The van der Waals surface area contributed by atoms with Crippen LogP contribution in [0.25, 0.3) is 22.1 Å². The van der Waals surface area contributed by atoms with Crippen LogP contribution in [0.4, 0.5) is 0 Å². The van der Waals surface area contributed by atoms with E-state index in [9.17, 15) is 0 Å². The fourth-order valence-electron chi connectivity index (χ4n) is 2.02. The minimum Gasteiger partial charge on any atom is -0.464 e. The van der Waals surface area contributed by atoms with E-state index in [1.54, 1.807) is 6.26 Å². The smallest absolute Gasteiger partial charge is 0.134 e. The van der Waals surface area contributed by atoms with Crippen LogP contribution in [0.1, 0.15) is 5.56 Å². The van der Waals surface area contributed by atoms with Crippen molar-refractivity contribution in [1.29, 1.82) is 0 Å². The van der Waals surface area contributed by atoms with E-state index in [0.29, 0.717) is 0 Å². The highest BCUT2D eigenvalue weighted by atomic mass is 16.3. The number of aliphatic hydroxyl groups excluding tert-OH is 1. The first-order chi connectivity index (χ1) is 8.38. The minimum absolute atomic E-state index is 0.0116. The number of furan rings is 1. The molecule has 2 aromatic carbocycles. The SMILES string of the molecule is OCc1coc2cc(-c3ccccc3)ccc12. The van der Waals surface area contributed by atoms with Gasteiger partial charge in [-0.1, -0.05) is 42.5 Å². The molecule has 17 heavy (non-hydrogen) atoms. The lowest BCUT2D eigenvalue weighted by Gasteiger charge is -2.01. The Bertz CT molecular complexity index is 638. The van der Waals surface area contributed by atoms with Gasteiger partial charge in [0, 0.05) is 10.9 Å². The van der Waals surface area contributed by atoms with E-state index in [2.05, 4.69) is 12.1 Å². The average molecular weight is 224 g/mol. The maximum absolute atomic E-state index is 9.15. The molecular weight excluding hydrogens is 212 g/mol. The number of fused-ring (bicyclic) bond motifs is 1. The second kappa shape index (κ2) is 4.07. The van der Waals surface area contributed by atoms with E-state index in [1.807, 2.05) is 36.4 Å². The summed E-state index contributed by atoms with van der Waals surface area (Å²) in [5.41, 5.74) is 3.93. The lowest BCUT2D eigenvalue weighted by Crippen LogP contribution is -1.80. The van der Waals surface area contributed by atoms with Crippen molar-refractivity contribution in [2.45, 2.75) is 6.61 Å². The van der Waals surface area contributed by atoms with Crippen LogP contribution >= 0.6 is 0 Å². The molecule has 3 rings (SSSR count). The molecule has 0 amide bonds. The molecule has 3 aromatic rings. The Balaban J connectivity index is 2.15. The first-order valence-corrected chi connectivity index (χ1v) is 5.55. The molecule has 0 spiro atoms. The topological polar surface area (TPSA) is 33.4 Å². The Morgan fingerprint density at radius 2 is 1.76 bits per heavy atom. The number of rotatable bonds is 2. The summed E-state index contributed by atoms with van der Waals surface area (Å²) in [6.45, 7) is 0.0116. The predicted molar refractivity (Wildman–Crippen MR) is 67.6 cm³/mol. The molecule has 1 heterocycles. The molecule has 0 aliphatic carbocycles. The van der Waals surface area contributed by atoms with E-state index in [0.717, 1.165) is 27.7 Å². The van der Waals surface area contributed by atoms with E-state index < -0.39 is 0 Å². The summed E-state index contributed by atoms with van der Waals surface area (Å²) < 4.78 is 5.44. The van der Waals surface area contributed by atoms with Crippen molar-refractivity contribution in [1.82, 2.24) is 0 Å². The van der Waals surface area contributed by atoms with Crippen LogP contribution < -0.4 is 0 Å². The average Bonchev–Trinajstić information content (AvgIpc) is 2.81. The van der Waals surface area contributed by atoms with Gasteiger partial charge in [0.1, 0.15) is 5.58 Å². The van der Waals surface area contributed by atoms with Crippen molar-refractivity contribution in [2.24, 2.45) is 0 Å². The molecule has 0 aliphatic heterocycles. The quantitative estimate of drug-likeness (QED) is 0.721. The van der Waals surface area contributed by atoms with E-state index in [1.165, 1.54) is 0 Å². The Labute approximate surface area is 99.1 Å². The standard InChI is InChI=1S/C15H12O2/c16-9-13-10-17-15-8-12(6-7-14(13)15)11-4-2-1-3-5-11/h1-8,10,16H,9H2. The third-order valence-corrected chi connectivity index (χ3v) is 2.93. The summed E-state index contributed by atoms with van der Waals surface area (Å²) in [5, 5.41) is 10.1. The van der Waals surface area contributed by atoms with Gasteiger partial charge in [0.15, 0.2) is 0 Å². The predicted octanol–water partition coefficient (Wildman–Crippen LogP) is 3.59. The van der Waals surface area contributed by atoms with Gasteiger partial charge in [-0.25, -0.2) is 0 Å². The zero-order valence-corrected chi connectivity index (χ0v) is 9.26. The molecule has 0 bridgehead atoms. The molecule has 0 aliphatic rings. The summed E-state index contributed by atoms with van der Waals surface area (Å²) in [6, 6.07) is 16.2. The van der Waals surface area contributed by atoms with Crippen molar-refractivity contribution in [3.05, 3.63) is 60.4 Å². The number of aliphatic hydroxyl groups is 1. The highest BCUT2D eigenvalue weighted by molar-refractivity contribution is 5.85. The molecule has 84 valence electrons. The highest BCUT2D eigenvalue weighted by Gasteiger charge is 2.06. The zero-order chi connectivity index (χ0) is 11.7. The monoisotopic (exact) mass is 224 g/mol. The van der Waals surface area contributed by atoms with Gasteiger partial charge < -0.3 is 9.52 Å². The molecule has 2 heteroatoms. The maximum atomic E-state index is 9.15. The van der Waals surface area contributed by atoms with Gasteiger partial charge in [-0.2, -0.15) is 0 Å². The molecular formula is C15H12O2. The molecule has 0 atom stereocenters. The fraction of sp³-hybridized carbons (Fsp3) is 0.0667. The minimum atomic E-state index is 0.0116. The maximum Gasteiger partial charge on any atom is 0.134 e. The summed E-state index contributed by atoms with van der Waals surface area (Å²) in [5.74, 6) is 0. The molecule has 0 saturated heterocycles. The van der Waals surface area contributed by atoms with Crippen molar-refractivity contribution in [3.63, 3.8) is 0 Å². The third-order valence-electron chi connectivity index (χ3n) is 2.93. The summed E-state index contributed by atoms with van der Waals surface area (Å²) in [6.07, 6.45) is 1.61. The van der Waals surface area contributed by atoms with Crippen LogP contribution in [0.15, 0.2) is 59.2 Å². The van der Waals surface area contributed by atoms with Gasteiger partial charge in [-0.15, -0.1) is 0 Å². The van der Waals surface area contributed by atoms with Gasteiger partial charge in [0.25, 0.3) is 0 Å². The van der Waals surface area contributed by atoms with Gasteiger partial charge in [-0.05, 0) is 17.2 Å². The lowest BCUT2D eigenvalue weighted by molar-refractivity contribution is 0.281. The number of benzene rings is 2. The van der Waals surface area contributed by atoms with Crippen molar-refractivity contribution in [3.8, 4) is 11.1 Å². The fourth-order valence-corrected chi connectivity index (χ4v) is 2.02. The summed E-state index contributed by atoms with van der Waals surface area (Å²) in [7, 11) is 0. The normalized spacial score (nSPS) is 10.9. The molecule has 1 N–H and O–H groups in total. The summed E-state index contributed by atoms with van der Waals surface area (Å²) >= 11 is 0. The van der Waals surface area contributed by atoms with E-state index in [4.69, 9.17) is 9.52 Å². The van der Waals surface area contributed by atoms with Crippen molar-refractivity contribution in [2.75, 3.05) is 0 Å². The Morgan fingerprint density at radius 1 is 0.941 bits per heavy atom. The molecule has 0 fully saturated rings. The van der Waals surface area contributed by atoms with Gasteiger partial charge in [0.2, 0.25) is 0 Å². The van der Waals surface area contributed by atoms with Crippen LogP contribution in [-0.2, 0) is 6.61 Å². The van der Waals surface area contributed by atoms with Crippen LogP contribution in [-0.4, -0.2) is 5.11 Å². The van der Waals surface area contributed by atoms with Crippen LogP contribution in [0, 0.1) is 0 Å². The van der Waals surface area contributed by atoms with Crippen LogP contribution in [0.2, 0.25) is 0 Å². The first-order valence-electron chi connectivity index (χ1n) is 5.55. The third kappa shape index (κ3) is 1.73. The Hall–Kier alpha value is -2.06. The molecule has 1 aromatic heterocycles. The molecule has 2 nitrogen and oxygen atoms in total. The van der Waals surface area contributed by atoms with Crippen LogP contribution in [0.3, 0.4) is 0 Å². The molecule has 0 radical (unpaired) electrons. The van der Waals surface area contributed by atoms with E-state index in [-0.39, 0.29) is 6.61 Å². The second-order valence-corrected chi connectivity index (χ2v) is 4.00. The number of hydrogen-bond acceptors (Lipinski definition) is 2. The highest BCUT2D eigenvalue weighted by Crippen LogP contribution is 2.27. The Morgan fingerprint density at radius 3 is 2.53 bits per heavy atom. The van der Waals surface area contributed by atoms with Gasteiger partial charge in [-0.3, -0.25) is 0 Å². The van der Waals surface area contributed by atoms with Crippen LogP contribution in [0.5, 0.6) is 0 Å². The molecule has 0 unspecified atom stereocenters. The second-order valence-electron chi connectivity index (χ2n) is 4.00. The van der Waals surface area contributed by atoms with Crippen molar-refractivity contribution < 1.29 is 9.52 Å². The van der Waals surface area contributed by atoms with Crippen molar-refractivity contribution >= 4 is 11.0 Å². The van der Waals surface area contributed by atoms with E-state index >= 15 is 0 Å². The Kier molecular flexibility index (Phi) is 2.42.